The molecule has 0 atom stereocenters. The zero-order valence-corrected chi connectivity index (χ0v) is 24.0. The van der Waals surface area contributed by atoms with Crippen molar-refractivity contribution >= 4 is 35.5 Å². The van der Waals surface area contributed by atoms with Crippen molar-refractivity contribution in [1.29, 1.82) is 0 Å². The maximum absolute atomic E-state index is 14.6. The molecule has 0 aliphatic heterocycles. The van der Waals surface area contributed by atoms with Crippen molar-refractivity contribution < 1.29 is 37.8 Å². The smallest absolute Gasteiger partial charge is 0.409 e. The Labute approximate surface area is 232 Å². The van der Waals surface area contributed by atoms with Gasteiger partial charge in [-0.3, -0.25) is 10.0 Å². The van der Waals surface area contributed by atoms with Gasteiger partial charge in [0.25, 0.3) is 5.91 Å². The summed E-state index contributed by atoms with van der Waals surface area (Å²) in [5.41, 5.74) is 1.50. The standard InChI is InChI=1S/C21H24ClF2N3O6S.2C2H6/c1-26(21(29)32-10-9-31-2)7-8-27(13-19(28)25-30)34-16-11-17(23)20(18(24)12-16)33-15-5-3-14(22)4-6-15;2*1-2/h3-6,11-12,30H,7-10,13H2,1-2H3,(H,25,28);2*1-2H3. The zero-order chi connectivity index (χ0) is 29.1. The summed E-state index contributed by atoms with van der Waals surface area (Å²) in [5.74, 6) is -3.05. The molecule has 0 aromatic heterocycles. The van der Waals surface area contributed by atoms with Crippen LogP contribution in [0.5, 0.6) is 11.5 Å². The fourth-order valence-electron chi connectivity index (χ4n) is 2.48. The SMILES string of the molecule is CC.CC.COCCOC(=O)N(C)CCN(CC(=O)NO)Sc1cc(F)c(Oc2ccc(Cl)cc2)c(F)c1. The molecule has 0 bridgehead atoms. The fraction of sp³-hybridized carbons (Fsp3) is 0.440. The normalized spacial score (nSPS) is 9.97. The Balaban J connectivity index is 0.00000326. The molecule has 0 aliphatic carbocycles. The van der Waals surface area contributed by atoms with Crippen LogP contribution in [0.2, 0.25) is 5.02 Å². The Morgan fingerprint density at radius 1 is 1.03 bits per heavy atom. The van der Waals surface area contributed by atoms with Gasteiger partial charge in [0.15, 0.2) is 17.4 Å². The van der Waals surface area contributed by atoms with E-state index in [1.165, 1.54) is 53.1 Å². The predicted octanol–water partition coefficient (Wildman–Crippen LogP) is 5.99. The molecule has 0 unspecified atom stereocenters. The number of hydrogen-bond acceptors (Lipinski definition) is 8. The van der Waals surface area contributed by atoms with Crippen LogP contribution in [0.15, 0.2) is 41.3 Å². The molecule has 2 rings (SSSR count). The largest absolute Gasteiger partial charge is 0.451 e. The lowest BCUT2D eigenvalue weighted by atomic mass is 10.3. The molecule has 0 aliphatic rings. The van der Waals surface area contributed by atoms with Gasteiger partial charge in [0.2, 0.25) is 0 Å². The van der Waals surface area contributed by atoms with Crippen LogP contribution in [0.4, 0.5) is 13.6 Å². The summed E-state index contributed by atoms with van der Waals surface area (Å²) in [4.78, 5) is 25.0. The number of nitrogens with one attached hydrogen (secondary N) is 1. The molecule has 9 nitrogen and oxygen atoms in total. The lowest BCUT2D eigenvalue weighted by Gasteiger charge is -2.24. The van der Waals surface area contributed by atoms with Gasteiger partial charge in [-0.15, -0.1) is 0 Å². The molecule has 13 heteroatoms. The first-order chi connectivity index (χ1) is 18.2. The molecule has 2 aromatic rings. The van der Waals surface area contributed by atoms with Gasteiger partial charge in [0.05, 0.1) is 13.2 Å². The van der Waals surface area contributed by atoms with E-state index in [9.17, 15) is 18.4 Å². The van der Waals surface area contributed by atoms with Crippen molar-refractivity contribution in [2.45, 2.75) is 32.6 Å². The van der Waals surface area contributed by atoms with Gasteiger partial charge in [0, 0.05) is 37.2 Å². The maximum Gasteiger partial charge on any atom is 0.409 e. The number of hydrogen-bond donors (Lipinski definition) is 2. The van der Waals surface area contributed by atoms with E-state index in [0.29, 0.717) is 5.02 Å². The van der Waals surface area contributed by atoms with E-state index in [0.717, 1.165) is 24.1 Å². The predicted molar refractivity (Wildman–Crippen MR) is 144 cm³/mol. The van der Waals surface area contributed by atoms with Crippen LogP contribution in [0, 0.1) is 11.6 Å². The third-order valence-electron chi connectivity index (χ3n) is 4.19. The van der Waals surface area contributed by atoms with Crippen LogP contribution >= 0.6 is 23.5 Å². The lowest BCUT2D eigenvalue weighted by Crippen LogP contribution is -2.38. The highest BCUT2D eigenvalue weighted by Gasteiger charge is 2.19. The molecule has 2 N–H and O–H groups in total. The summed E-state index contributed by atoms with van der Waals surface area (Å²) in [7, 11) is 2.97. The van der Waals surface area contributed by atoms with Gasteiger partial charge in [-0.05, 0) is 48.3 Å². The quantitative estimate of drug-likeness (QED) is 0.137. The van der Waals surface area contributed by atoms with Crippen LogP contribution in [0.3, 0.4) is 0 Å². The van der Waals surface area contributed by atoms with Crippen LogP contribution in [-0.2, 0) is 14.3 Å². The molecule has 0 heterocycles. The van der Waals surface area contributed by atoms with Crippen LogP contribution in [0.25, 0.3) is 0 Å². The third kappa shape index (κ3) is 13.2. The highest BCUT2D eigenvalue weighted by Crippen LogP contribution is 2.33. The summed E-state index contributed by atoms with van der Waals surface area (Å²) in [6, 6.07) is 8.07. The number of benzene rings is 2. The summed E-state index contributed by atoms with van der Waals surface area (Å²) < 4.78 is 45.7. The van der Waals surface area contributed by atoms with Crippen LogP contribution in [0.1, 0.15) is 27.7 Å². The summed E-state index contributed by atoms with van der Waals surface area (Å²) in [5, 5.41) is 9.29. The first kappa shape index (κ1) is 35.4. The van der Waals surface area contributed by atoms with E-state index in [1.54, 1.807) is 0 Å². The Kier molecular flexibility index (Phi) is 18.9. The molecule has 0 saturated heterocycles. The number of carbonyl (C=O) groups is 2. The molecule has 2 aromatic carbocycles. The van der Waals surface area contributed by atoms with Crippen LogP contribution < -0.4 is 10.2 Å². The number of halogens is 3. The Morgan fingerprint density at radius 2 is 1.61 bits per heavy atom. The average molecular weight is 580 g/mol. The zero-order valence-electron chi connectivity index (χ0n) is 22.4. The molecule has 0 saturated carbocycles. The molecule has 0 fully saturated rings. The van der Waals surface area contributed by atoms with Crippen molar-refractivity contribution in [3.8, 4) is 11.5 Å². The highest BCUT2D eigenvalue weighted by atomic mass is 35.5. The van der Waals surface area contributed by atoms with Crippen molar-refractivity contribution in [2.24, 2.45) is 0 Å². The Hall–Kier alpha value is -2.64. The molecule has 0 radical (unpaired) electrons. The van der Waals surface area contributed by atoms with Crippen molar-refractivity contribution in [2.75, 3.05) is 47.0 Å². The van der Waals surface area contributed by atoms with E-state index in [2.05, 4.69) is 0 Å². The number of methoxy groups -OCH3 is 1. The molecular formula is C25H36ClF2N3O6S. The first-order valence-electron chi connectivity index (χ1n) is 11.9. The van der Waals surface area contributed by atoms with Gasteiger partial charge in [-0.2, -0.15) is 0 Å². The minimum Gasteiger partial charge on any atom is -0.451 e. The van der Waals surface area contributed by atoms with E-state index in [1.807, 2.05) is 27.7 Å². The average Bonchev–Trinajstić information content (AvgIpc) is 2.92. The monoisotopic (exact) mass is 579 g/mol. The molecule has 0 spiro atoms. The van der Waals surface area contributed by atoms with Gasteiger partial charge in [-0.1, -0.05) is 39.3 Å². The lowest BCUT2D eigenvalue weighted by molar-refractivity contribution is -0.129. The minimum atomic E-state index is -0.956. The van der Waals surface area contributed by atoms with E-state index in [-0.39, 0.29) is 43.5 Å². The third-order valence-corrected chi connectivity index (χ3v) is 5.46. The minimum absolute atomic E-state index is 0.0774. The molecule has 38 heavy (non-hydrogen) atoms. The van der Waals surface area contributed by atoms with E-state index >= 15 is 0 Å². The van der Waals surface area contributed by atoms with Crippen LogP contribution in [-0.4, -0.2) is 73.4 Å². The summed E-state index contributed by atoms with van der Waals surface area (Å²) in [6.45, 7) is 8.24. The van der Waals surface area contributed by atoms with Crippen molar-refractivity contribution in [3.63, 3.8) is 0 Å². The second kappa shape index (κ2) is 20.3. The molecular weight excluding hydrogens is 544 g/mol. The van der Waals surface area contributed by atoms with Crippen molar-refractivity contribution in [1.82, 2.24) is 14.7 Å². The number of rotatable bonds is 12. The van der Waals surface area contributed by atoms with E-state index < -0.39 is 29.4 Å². The highest BCUT2D eigenvalue weighted by molar-refractivity contribution is 7.97. The number of amides is 2. The van der Waals surface area contributed by atoms with Gasteiger partial charge in [-0.25, -0.2) is 23.4 Å². The molecule has 2 amide bonds. The second-order valence-electron chi connectivity index (χ2n) is 6.79. The number of hydroxylamine groups is 1. The van der Waals surface area contributed by atoms with E-state index in [4.69, 9.17) is 31.0 Å². The summed E-state index contributed by atoms with van der Waals surface area (Å²) in [6.07, 6.45) is -0.602. The van der Waals surface area contributed by atoms with Gasteiger partial charge >= 0.3 is 6.09 Å². The second-order valence-corrected chi connectivity index (χ2v) is 8.40. The fourth-order valence-corrected chi connectivity index (χ4v) is 3.58. The number of carbonyl (C=O) groups excluding carboxylic acids is 2. The Morgan fingerprint density at radius 3 is 2.13 bits per heavy atom. The van der Waals surface area contributed by atoms with Gasteiger partial charge < -0.3 is 19.1 Å². The maximum atomic E-state index is 14.6. The first-order valence-corrected chi connectivity index (χ1v) is 13.0. The topological polar surface area (TPSA) is 101 Å². The number of likely N-dealkylation sites (N-methyl/N-ethyl adjacent to an activating group) is 1. The number of nitrogens with zero attached hydrogens (tertiary/aromatic N) is 2. The molecule has 214 valence electrons. The Bertz CT molecular complexity index is 950. The van der Waals surface area contributed by atoms with Gasteiger partial charge in [0.1, 0.15) is 12.4 Å². The van der Waals surface area contributed by atoms with Crippen molar-refractivity contribution in [3.05, 3.63) is 53.1 Å². The number of ether oxygens (including phenoxy) is 3. The summed E-state index contributed by atoms with van der Waals surface area (Å²) >= 11 is 6.66.